The molecule has 2 aromatic rings. The fourth-order valence-electron chi connectivity index (χ4n) is 1.23. The Morgan fingerprint density at radius 1 is 0.583 bits per heavy atom. The Kier molecular flexibility index (Phi) is 10.5. The Bertz CT molecular complexity index is 758. The molecule has 2 N–H and O–H groups in total. The molecule has 0 saturated carbocycles. The number of phenolic OH excluding ortho intramolecular Hbond substituents is 2. The summed E-state index contributed by atoms with van der Waals surface area (Å²) >= 11 is 0. The topological polar surface area (TPSA) is 155 Å². The zero-order chi connectivity index (χ0) is 17.0. The molecule has 0 radical (unpaired) electrons. The first-order valence-corrected chi connectivity index (χ1v) is 8.31. The van der Waals surface area contributed by atoms with Gasteiger partial charge in [0.25, 0.3) is 0 Å². The quantitative estimate of drug-likeness (QED) is 0.474. The molecule has 140 valence electrons. The minimum atomic E-state index is -4.38. The van der Waals surface area contributed by atoms with Crippen molar-refractivity contribution in [2.24, 2.45) is 0 Å². The first-order chi connectivity index (χ1) is 10.00. The third-order valence-electron chi connectivity index (χ3n) is 2.25. The summed E-state index contributed by atoms with van der Waals surface area (Å²) in [5.41, 5.74) is 0. The van der Waals surface area contributed by atoms with E-state index in [1.54, 1.807) is 0 Å². The van der Waals surface area contributed by atoms with E-state index >= 15 is 0 Å². The standard InChI is InChI=1S/2C6H6O4S.2Cu/c2*7-5-1-3-6(4-2-5)11(8,9)10;;/h2*1-4,7H,(H,8,9,10);;/q;;2*+1/p-2. The van der Waals surface area contributed by atoms with Crippen molar-refractivity contribution < 1.29 is 70.3 Å². The summed E-state index contributed by atoms with van der Waals surface area (Å²) in [4.78, 5) is -0.675. The van der Waals surface area contributed by atoms with E-state index in [-0.39, 0.29) is 55.4 Å². The van der Waals surface area contributed by atoms with Gasteiger partial charge in [0.1, 0.15) is 31.7 Å². The molecule has 0 aromatic heterocycles. The SMILES string of the molecule is O=S(=O)([O-])c1ccc(O)cc1.O=S(=O)([O-])c1ccc(O)cc1.[Cu+].[Cu+]. The second-order valence-electron chi connectivity index (χ2n) is 3.90. The van der Waals surface area contributed by atoms with Crippen molar-refractivity contribution in [1.29, 1.82) is 0 Å². The Hall–Kier alpha value is -1.10. The number of hydrogen-bond acceptors (Lipinski definition) is 8. The first kappa shape index (κ1) is 25.1. The zero-order valence-corrected chi connectivity index (χ0v) is 14.9. The molecule has 0 aliphatic heterocycles. The van der Waals surface area contributed by atoms with Crippen molar-refractivity contribution >= 4 is 20.2 Å². The van der Waals surface area contributed by atoms with Crippen LogP contribution in [-0.2, 0) is 54.4 Å². The minimum Gasteiger partial charge on any atom is -0.744 e. The van der Waals surface area contributed by atoms with Crippen LogP contribution in [0.1, 0.15) is 0 Å². The monoisotopic (exact) mass is 472 g/mol. The van der Waals surface area contributed by atoms with E-state index < -0.39 is 20.2 Å². The molecule has 0 unspecified atom stereocenters. The normalized spacial score (nSPS) is 10.4. The summed E-state index contributed by atoms with van der Waals surface area (Å²) in [6.07, 6.45) is 0. The van der Waals surface area contributed by atoms with Gasteiger partial charge in [0, 0.05) is 0 Å². The van der Waals surface area contributed by atoms with Crippen LogP contribution in [0.25, 0.3) is 0 Å². The van der Waals surface area contributed by atoms with Crippen molar-refractivity contribution in [2.45, 2.75) is 9.79 Å². The Morgan fingerprint density at radius 2 is 0.792 bits per heavy atom. The van der Waals surface area contributed by atoms with Gasteiger partial charge in [-0.2, -0.15) is 0 Å². The molecule has 0 bridgehead atoms. The van der Waals surface area contributed by atoms with Crippen molar-refractivity contribution in [3.05, 3.63) is 48.5 Å². The molecular formula is C12H10Cu2O8S2. The van der Waals surface area contributed by atoms with Gasteiger partial charge in [0.2, 0.25) is 0 Å². The molecule has 2 aromatic carbocycles. The van der Waals surface area contributed by atoms with Crippen molar-refractivity contribution in [3.8, 4) is 11.5 Å². The fraction of sp³-hybridized carbons (Fsp3) is 0. The molecule has 0 amide bonds. The predicted octanol–water partition coefficient (Wildman–Crippen LogP) is 0.588. The van der Waals surface area contributed by atoms with E-state index in [4.69, 9.17) is 10.2 Å². The summed E-state index contributed by atoms with van der Waals surface area (Å²) < 4.78 is 61.8. The second kappa shape index (κ2) is 10.0. The van der Waals surface area contributed by atoms with Gasteiger partial charge in [-0.25, -0.2) is 16.8 Å². The van der Waals surface area contributed by atoms with E-state index in [0.717, 1.165) is 48.5 Å². The summed E-state index contributed by atoms with van der Waals surface area (Å²) in [5, 5.41) is 17.5. The zero-order valence-electron chi connectivity index (χ0n) is 11.4. The van der Waals surface area contributed by atoms with Crippen molar-refractivity contribution in [3.63, 3.8) is 0 Å². The third-order valence-corrected chi connectivity index (χ3v) is 3.95. The van der Waals surface area contributed by atoms with Crippen LogP contribution in [0.15, 0.2) is 58.3 Å². The van der Waals surface area contributed by atoms with E-state index in [0.29, 0.717) is 0 Å². The second-order valence-corrected chi connectivity index (χ2v) is 6.66. The van der Waals surface area contributed by atoms with Gasteiger partial charge in [0.15, 0.2) is 0 Å². The van der Waals surface area contributed by atoms with Gasteiger partial charge in [-0.1, -0.05) is 0 Å². The molecule has 24 heavy (non-hydrogen) atoms. The number of rotatable bonds is 2. The maximum atomic E-state index is 10.3. The van der Waals surface area contributed by atoms with Gasteiger partial charge in [-0.3, -0.25) is 0 Å². The Labute approximate surface area is 160 Å². The van der Waals surface area contributed by atoms with Crippen LogP contribution in [0.4, 0.5) is 0 Å². The number of benzene rings is 2. The average molecular weight is 473 g/mol. The number of phenols is 2. The van der Waals surface area contributed by atoms with E-state index in [9.17, 15) is 25.9 Å². The van der Waals surface area contributed by atoms with Gasteiger partial charge in [-0.05, 0) is 48.5 Å². The van der Waals surface area contributed by atoms with E-state index in [2.05, 4.69) is 0 Å². The van der Waals surface area contributed by atoms with Crippen LogP contribution in [0.5, 0.6) is 11.5 Å². The summed E-state index contributed by atoms with van der Waals surface area (Å²) in [6.45, 7) is 0. The van der Waals surface area contributed by atoms with Crippen LogP contribution in [0.2, 0.25) is 0 Å². The Morgan fingerprint density at radius 3 is 0.958 bits per heavy atom. The average Bonchev–Trinajstić information content (AvgIpc) is 2.38. The van der Waals surface area contributed by atoms with Gasteiger partial charge < -0.3 is 19.3 Å². The van der Waals surface area contributed by atoms with Crippen molar-refractivity contribution in [1.82, 2.24) is 0 Å². The molecule has 0 heterocycles. The van der Waals surface area contributed by atoms with Gasteiger partial charge in [0.05, 0.1) is 9.79 Å². The van der Waals surface area contributed by atoms with Crippen LogP contribution < -0.4 is 0 Å². The van der Waals surface area contributed by atoms with E-state index in [1.807, 2.05) is 0 Å². The van der Waals surface area contributed by atoms with Crippen LogP contribution >= 0.6 is 0 Å². The summed E-state index contributed by atoms with van der Waals surface area (Å²) in [7, 11) is -8.76. The predicted molar refractivity (Wildman–Crippen MR) is 72.1 cm³/mol. The third kappa shape index (κ3) is 8.67. The largest absolute Gasteiger partial charge is 1.00 e. The molecule has 0 aliphatic carbocycles. The molecule has 0 atom stereocenters. The minimum absolute atomic E-state index is 0. The van der Waals surface area contributed by atoms with E-state index in [1.165, 1.54) is 0 Å². The summed E-state index contributed by atoms with van der Waals surface area (Å²) in [5.74, 6) is -0.144. The van der Waals surface area contributed by atoms with Crippen LogP contribution in [0, 0.1) is 0 Å². The Balaban J connectivity index is 0. The number of aromatic hydroxyl groups is 2. The smallest absolute Gasteiger partial charge is 0.744 e. The molecule has 0 spiro atoms. The van der Waals surface area contributed by atoms with Gasteiger partial charge >= 0.3 is 34.1 Å². The fourth-order valence-corrected chi connectivity index (χ4v) is 2.16. The molecule has 12 heteroatoms. The van der Waals surface area contributed by atoms with Crippen LogP contribution in [-0.4, -0.2) is 36.2 Å². The summed E-state index contributed by atoms with van der Waals surface area (Å²) in [6, 6.07) is 8.79. The molecule has 0 aliphatic rings. The number of hydrogen-bond donors (Lipinski definition) is 2. The van der Waals surface area contributed by atoms with Gasteiger partial charge in [-0.15, -0.1) is 0 Å². The maximum absolute atomic E-state index is 10.3. The molecule has 0 saturated heterocycles. The van der Waals surface area contributed by atoms with Crippen molar-refractivity contribution in [2.75, 3.05) is 0 Å². The first-order valence-electron chi connectivity index (χ1n) is 5.50. The molecule has 2 rings (SSSR count). The molecule has 0 fully saturated rings. The maximum Gasteiger partial charge on any atom is 1.00 e. The molecule has 8 nitrogen and oxygen atoms in total. The molecular weight excluding hydrogens is 463 g/mol. The van der Waals surface area contributed by atoms with Crippen LogP contribution in [0.3, 0.4) is 0 Å².